The average Bonchev–Trinajstić information content (AvgIpc) is 3.18. The molecule has 158 valence electrons. The molecular formula is C23H26N8. The van der Waals surface area contributed by atoms with Gasteiger partial charge in [0.25, 0.3) is 0 Å². The lowest BCUT2D eigenvalue weighted by Gasteiger charge is -2.33. The number of H-pyrrole nitrogens is 1. The minimum absolute atomic E-state index is 0.388. The van der Waals surface area contributed by atoms with Crippen molar-refractivity contribution < 1.29 is 0 Å². The van der Waals surface area contributed by atoms with Crippen LogP contribution in [0, 0.1) is 6.92 Å². The quantitative estimate of drug-likeness (QED) is 0.462. The summed E-state index contributed by atoms with van der Waals surface area (Å²) in [6.07, 6.45) is 0. The molecule has 4 aromatic rings. The summed E-state index contributed by atoms with van der Waals surface area (Å²) in [5.74, 6) is 2.18. The van der Waals surface area contributed by atoms with Gasteiger partial charge in [-0.3, -0.25) is 5.10 Å². The molecule has 8 nitrogen and oxygen atoms in total. The van der Waals surface area contributed by atoms with Crippen LogP contribution in [0.3, 0.4) is 0 Å². The summed E-state index contributed by atoms with van der Waals surface area (Å²) in [5, 5.41) is 24.4. The molecule has 1 fully saturated rings. The fourth-order valence-electron chi connectivity index (χ4n) is 3.96. The van der Waals surface area contributed by atoms with Crippen molar-refractivity contribution in [3.8, 4) is 11.4 Å². The third kappa shape index (κ3) is 4.06. The van der Waals surface area contributed by atoms with Gasteiger partial charge in [-0.25, -0.2) is 4.98 Å². The van der Waals surface area contributed by atoms with Crippen LogP contribution in [-0.2, 0) is 6.54 Å². The second-order valence-corrected chi connectivity index (χ2v) is 8.03. The highest BCUT2D eigenvalue weighted by atomic mass is 15.3. The first-order valence-electron chi connectivity index (χ1n) is 10.6. The van der Waals surface area contributed by atoms with E-state index < -0.39 is 0 Å². The molecule has 5 rings (SSSR count). The van der Waals surface area contributed by atoms with Gasteiger partial charge in [0.2, 0.25) is 0 Å². The fraction of sp³-hybridized carbons (Fsp3) is 0.304. The van der Waals surface area contributed by atoms with Gasteiger partial charge in [-0.05, 0) is 37.6 Å². The van der Waals surface area contributed by atoms with Crippen LogP contribution in [0.4, 0.5) is 11.6 Å². The maximum atomic E-state index is 4.97. The van der Waals surface area contributed by atoms with E-state index >= 15 is 0 Å². The molecule has 1 unspecified atom stereocenters. The number of anilines is 2. The standard InChI is InChI=1S/C23H26N8/c1-15-14-31(11-10-24-15)23-22(25-13-17-6-4-3-5-7-17)30-29-21(26-23)18-8-9-20-19(12-18)16(2)27-28-20/h3-9,12,15,24H,10-11,13-14H2,1-2H3,(H,25,30)(H,27,28). The minimum Gasteiger partial charge on any atom is -0.361 e. The van der Waals surface area contributed by atoms with Crippen molar-refractivity contribution in [2.24, 2.45) is 0 Å². The van der Waals surface area contributed by atoms with Gasteiger partial charge in [-0.15, -0.1) is 10.2 Å². The second-order valence-electron chi connectivity index (χ2n) is 8.03. The van der Waals surface area contributed by atoms with E-state index in [-0.39, 0.29) is 0 Å². The Morgan fingerprint density at radius 2 is 2.00 bits per heavy atom. The number of aryl methyl sites for hydroxylation is 1. The summed E-state index contributed by atoms with van der Waals surface area (Å²) in [6, 6.07) is 16.7. The zero-order valence-electron chi connectivity index (χ0n) is 17.8. The molecule has 0 spiro atoms. The van der Waals surface area contributed by atoms with Crippen molar-refractivity contribution in [1.29, 1.82) is 0 Å². The number of rotatable bonds is 5. The van der Waals surface area contributed by atoms with Crippen LogP contribution < -0.4 is 15.5 Å². The number of piperazine rings is 1. The third-order valence-electron chi connectivity index (χ3n) is 5.64. The van der Waals surface area contributed by atoms with E-state index in [1.807, 2.05) is 37.3 Å². The smallest absolute Gasteiger partial charge is 0.192 e. The Morgan fingerprint density at radius 1 is 1.13 bits per heavy atom. The van der Waals surface area contributed by atoms with Crippen LogP contribution in [0.15, 0.2) is 48.5 Å². The van der Waals surface area contributed by atoms with Crippen LogP contribution >= 0.6 is 0 Å². The number of benzene rings is 2. The molecule has 1 atom stereocenters. The van der Waals surface area contributed by atoms with E-state index in [1.165, 1.54) is 5.56 Å². The van der Waals surface area contributed by atoms with Gasteiger partial charge in [0.15, 0.2) is 17.5 Å². The Labute approximate surface area is 181 Å². The fourth-order valence-corrected chi connectivity index (χ4v) is 3.96. The Balaban J connectivity index is 1.50. The average molecular weight is 415 g/mol. The molecule has 1 aliphatic rings. The Morgan fingerprint density at radius 3 is 2.84 bits per heavy atom. The van der Waals surface area contributed by atoms with Gasteiger partial charge in [0.05, 0.1) is 5.52 Å². The number of hydrogen-bond acceptors (Lipinski definition) is 7. The second kappa shape index (κ2) is 8.31. The first-order valence-corrected chi connectivity index (χ1v) is 10.6. The zero-order valence-corrected chi connectivity index (χ0v) is 17.8. The number of nitrogens with one attached hydrogen (secondary N) is 3. The Kier molecular flexibility index (Phi) is 5.21. The number of fused-ring (bicyclic) bond motifs is 1. The highest BCUT2D eigenvalue weighted by Gasteiger charge is 2.22. The molecule has 1 saturated heterocycles. The first kappa shape index (κ1) is 19.4. The van der Waals surface area contributed by atoms with Crippen LogP contribution in [-0.4, -0.2) is 51.1 Å². The summed E-state index contributed by atoms with van der Waals surface area (Å²) >= 11 is 0. The molecule has 2 aromatic carbocycles. The van der Waals surface area contributed by atoms with Gasteiger partial charge >= 0.3 is 0 Å². The topological polar surface area (TPSA) is 94.6 Å². The van der Waals surface area contributed by atoms with Crippen molar-refractivity contribution in [3.63, 3.8) is 0 Å². The van der Waals surface area contributed by atoms with E-state index in [2.05, 4.69) is 61.1 Å². The molecule has 0 amide bonds. The van der Waals surface area contributed by atoms with E-state index in [0.29, 0.717) is 24.2 Å². The molecule has 0 saturated carbocycles. The van der Waals surface area contributed by atoms with Crippen molar-refractivity contribution in [2.45, 2.75) is 26.4 Å². The number of nitrogens with zero attached hydrogens (tertiary/aromatic N) is 5. The van der Waals surface area contributed by atoms with Crippen molar-refractivity contribution in [1.82, 2.24) is 30.7 Å². The van der Waals surface area contributed by atoms with Crippen molar-refractivity contribution >= 4 is 22.5 Å². The zero-order chi connectivity index (χ0) is 21.2. The first-order chi connectivity index (χ1) is 15.2. The predicted molar refractivity (Wildman–Crippen MR) is 123 cm³/mol. The maximum Gasteiger partial charge on any atom is 0.192 e. The maximum absolute atomic E-state index is 4.97. The van der Waals surface area contributed by atoms with Crippen LogP contribution in [0.2, 0.25) is 0 Å². The SMILES string of the molecule is Cc1[nH]nc2ccc(-c3nnc(NCc4ccccc4)c(N4CCNC(C)C4)n3)cc12. The third-order valence-corrected chi connectivity index (χ3v) is 5.64. The number of aromatic nitrogens is 5. The molecule has 0 bridgehead atoms. The molecule has 1 aliphatic heterocycles. The Hall–Kier alpha value is -3.52. The molecular weight excluding hydrogens is 388 g/mol. The van der Waals surface area contributed by atoms with Crippen molar-refractivity contribution in [2.75, 3.05) is 29.9 Å². The lowest BCUT2D eigenvalue weighted by molar-refractivity contribution is 0.482. The molecule has 3 N–H and O–H groups in total. The molecule has 3 heterocycles. The van der Waals surface area contributed by atoms with Crippen LogP contribution in [0.25, 0.3) is 22.3 Å². The van der Waals surface area contributed by atoms with Gasteiger partial charge in [-0.2, -0.15) is 5.10 Å². The largest absolute Gasteiger partial charge is 0.361 e. The molecule has 0 aliphatic carbocycles. The summed E-state index contributed by atoms with van der Waals surface area (Å²) in [6.45, 7) is 7.54. The highest BCUT2D eigenvalue weighted by Crippen LogP contribution is 2.28. The van der Waals surface area contributed by atoms with E-state index in [4.69, 9.17) is 4.98 Å². The van der Waals surface area contributed by atoms with Crippen LogP contribution in [0.5, 0.6) is 0 Å². The van der Waals surface area contributed by atoms with Gasteiger partial charge < -0.3 is 15.5 Å². The minimum atomic E-state index is 0.388. The number of hydrogen-bond donors (Lipinski definition) is 3. The van der Waals surface area contributed by atoms with Crippen LogP contribution in [0.1, 0.15) is 18.2 Å². The summed E-state index contributed by atoms with van der Waals surface area (Å²) in [7, 11) is 0. The lowest BCUT2D eigenvalue weighted by Crippen LogP contribution is -2.49. The van der Waals surface area contributed by atoms with Crippen molar-refractivity contribution in [3.05, 3.63) is 59.8 Å². The molecule has 8 heteroatoms. The van der Waals surface area contributed by atoms with E-state index in [1.54, 1.807) is 0 Å². The lowest BCUT2D eigenvalue weighted by atomic mass is 10.1. The molecule has 31 heavy (non-hydrogen) atoms. The van der Waals surface area contributed by atoms with Gasteiger partial charge in [0.1, 0.15) is 0 Å². The van der Waals surface area contributed by atoms with Gasteiger partial charge in [-0.1, -0.05) is 30.3 Å². The summed E-state index contributed by atoms with van der Waals surface area (Å²) < 4.78 is 0. The normalized spacial score (nSPS) is 16.6. The van der Waals surface area contributed by atoms with E-state index in [0.717, 1.165) is 47.6 Å². The van der Waals surface area contributed by atoms with Gasteiger partial charge in [0, 0.05) is 48.9 Å². The summed E-state index contributed by atoms with van der Waals surface area (Å²) in [5.41, 5.74) is 4.09. The monoisotopic (exact) mass is 414 g/mol. The number of aromatic amines is 1. The van der Waals surface area contributed by atoms with E-state index in [9.17, 15) is 0 Å². The molecule has 0 radical (unpaired) electrons. The Bertz CT molecular complexity index is 1190. The highest BCUT2D eigenvalue weighted by molar-refractivity contribution is 5.85. The molecule has 2 aromatic heterocycles. The predicted octanol–water partition coefficient (Wildman–Crippen LogP) is 3.13. The summed E-state index contributed by atoms with van der Waals surface area (Å²) in [4.78, 5) is 7.25.